The fraction of sp³-hybridized carbons (Fsp3) is 0.696. The van der Waals surface area contributed by atoms with Crippen LogP contribution in [0.4, 0.5) is 0 Å². The zero-order valence-electron chi connectivity index (χ0n) is 17.8. The van der Waals surface area contributed by atoms with Crippen molar-refractivity contribution in [2.45, 2.75) is 77.5 Å². The van der Waals surface area contributed by atoms with E-state index in [1.165, 1.54) is 5.56 Å². The van der Waals surface area contributed by atoms with Crippen molar-refractivity contribution in [2.75, 3.05) is 0 Å². The zero-order chi connectivity index (χ0) is 20.4. The predicted octanol–water partition coefficient (Wildman–Crippen LogP) is 3.69. The lowest BCUT2D eigenvalue weighted by Gasteiger charge is -2.61. The van der Waals surface area contributed by atoms with Crippen LogP contribution < -0.4 is 5.43 Å². The zero-order valence-corrected chi connectivity index (χ0v) is 17.8. The fourth-order valence-electron chi connectivity index (χ4n) is 6.10. The molecule has 4 saturated heterocycles. The minimum atomic E-state index is -0.817. The number of benzene rings is 1. The molecule has 4 heterocycles. The topological polar surface area (TPSA) is 60.0 Å². The van der Waals surface area contributed by atoms with E-state index in [1.807, 2.05) is 13.8 Å². The van der Waals surface area contributed by atoms with Gasteiger partial charge in [-0.15, -0.1) is 0 Å². The Morgan fingerprint density at radius 2 is 1.86 bits per heavy atom. The summed E-state index contributed by atoms with van der Waals surface area (Å²) in [5.74, 6) is 0.0753. The molecular weight excluding hydrogens is 368 g/mol. The number of hydrazine groups is 1. The van der Waals surface area contributed by atoms with Crippen LogP contribution in [0, 0.1) is 30.6 Å². The number of aryl methyl sites for hydroxylation is 1. The van der Waals surface area contributed by atoms with Crippen molar-refractivity contribution in [3.63, 3.8) is 0 Å². The summed E-state index contributed by atoms with van der Waals surface area (Å²) in [6.07, 6.45) is 3.39. The van der Waals surface area contributed by atoms with Crippen molar-refractivity contribution in [3.8, 4) is 0 Å². The van der Waals surface area contributed by atoms with E-state index in [1.54, 1.807) is 5.01 Å². The van der Waals surface area contributed by atoms with Gasteiger partial charge in [0.15, 0.2) is 11.8 Å². The molecule has 4 aliphatic heterocycles. The Bertz CT molecular complexity index is 799. The highest BCUT2D eigenvalue weighted by molar-refractivity contribution is 5.80. The van der Waals surface area contributed by atoms with Crippen LogP contribution in [0.3, 0.4) is 0 Å². The summed E-state index contributed by atoms with van der Waals surface area (Å²) < 4.78 is 6.51. The molecule has 6 rings (SSSR count). The Morgan fingerprint density at radius 3 is 2.62 bits per heavy atom. The first-order valence-corrected chi connectivity index (χ1v) is 11.0. The van der Waals surface area contributed by atoms with E-state index in [4.69, 9.17) is 14.5 Å². The van der Waals surface area contributed by atoms with Crippen molar-refractivity contribution in [1.82, 2.24) is 10.4 Å². The second-order valence-electron chi connectivity index (χ2n) is 9.75. The first-order valence-electron chi connectivity index (χ1n) is 11.0. The van der Waals surface area contributed by atoms with E-state index in [2.05, 4.69) is 43.5 Å². The molecule has 29 heavy (non-hydrogen) atoms. The van der Waals surface area contributed by atoms with Crippen molar-refractivity contribution in [3.05, 3.63) is 35.4 Å². The van der Waals surface area contributed by atoms with Gasteiger partial charge in [0.25, 0.3) is 0 Å². The van der Waals surface area contributed by atoms with Gasteiger partial charge < -0.3 is 4.74 Å². The molecule has 6 heteroatoms. The maximum absolute atomic E-state index is 13.4. The molecule has 1 N–H and O–H groups in total. The third-order valence-electron chi connectivity index (χ3n) is 7.84. The Kier molecular flexibility index (Phi) is 4.55. The Labute approximate surface area is 172 Å². The minimum Gasteiger partial charge on any atom is -0.319 e. The molecule has 5 fully saturated rings. The first-order chi connectivity index (χ1) is 13.8. The molecule has 1 unspecified atom stereocenters. The number of hydrogen-bond acceptors (Lipinski definition) is 5. The van der Waals surface area contributed by atoms with Crippen molar-refractivity contribution < 1.29 is 19.3 Å². The van der Waals surface area contributed by atoms with Crippen LogP contribution >= 0.6 is 0 Å². The summed E-state index contributed by atoms with van der Waals surface area (Å²) in [7, 11) is 0. The lowest BCUT2D eigenvalue weighted by atomic mass is 9.57. The highest BCUT2D eigenvalue weighted by Crippen LogP contribution is 2.60. The predicted molar refractivity (Wildman–Crippen MR) is 107 cm³/mol. The van der Waals surface area contributed by atoms with Crippen LogP contribution in [0.25, 0.3) is 0 Å². The van der Waals surface area contributed by atoms with Gasteiger partial charge in [-0.05, 0) is 50.5 Å². The number of ether oxygens (including phenoxy) is 1. The summed E-state index contributed by atoms with van der Waals surface area (Å²) in [5, 5.41) is 1.72. The van der Waals surface area contributed by atoms with Crippen LogP contribution in [0.5, 0.6) is 0 Å². The molecule has 0 radical (unpaired) electrons. The third-order valence-corrected chi connectivity index (χ3v) is 7.84. The average molecular weight is 401 g/mol. The second kappa shape index (κ2) is 6.77. The van der Waals surface area contributed by atoms with Gasteiger partial charge in [-0.25, -0.2) is 20.2 Å². The molecular formula is C23H32N2O4. The van der Waals surface area contributed by atoms with Crippen LogP contribution in [0.1, 0.15) is 57.6 Å². The van der Waals surface area contributed by atoms with Gasteiger partial charge >= 0.3 is 0 Å². The summed E-state index contributed by atoms with van der Waals surface area (Å²) in [6.45, 7) is 8.91. The smallest absolute Gasteiger partial charge is 0.242 e. The molecule has 158 valence electrons. The van der Waals surface area contributed by atoms with Gasteiger partial charge in [-0.1, -0.05) is 43.7 Å². The third kappa shape index (κ3) is 2.87. The van der Waals surface area contributed by atoms with Gasteiger partial charge in [-0.2, -0.15) is 0 Å². The molecule has 2 bridgehead atoms. The van der Waals surface area contributed by atoms with Gasteiger partial charge in [0.1, 0.15) is 0 Å². The fourth-order valence-corrected chi connectivity index (χ4v) is 6.10. The number of fused-ring (bicyclic) bond motifs is 2. The number of nitrogens with one attached hydrogen (secondary N) is 1. The number of rotatable bonds is 3. The van der Waals surface area contributed by atoms with E-state index in [-0.39, 0.29) is 17.7 Å². The van der Waals surface area contributed by atoms with Crippen molar-refractivity contribution in [1.29, 1.82) is 0 Å². The maximum atomic E-state index is 13.4. The number of carbonyl (C=O) groups excluding carboxylic acids is 1. The van der Waals surface area contributed by atoms with Crippen LogP contribution in [-0.4, -0.2) is 28.5 Å². The number of hydrogen-bond donors (Lipinski definition) is 1. The van der Waals surface area contributed by atoms with Crippen molar-refractivity contribution in [2.24, 2.45) is 23.7 Å². The van der Waals surface area contributed by atoms with Crippen LogP contribution in [0.2, 0.25) is 0 Å². The van der Waals surface area contributed by atoms with E-state index < -0.39 is 17.6 Å². The molecule has 1 aromatic rings. The highest BCUT2D eigenvalue weighted by atomic mass is 17.3. The molecule has 1 aliphatic carbocycles. The van der Waals surface area contributed by atoms with Gasteiger partial charge in [0.05, 0.1) is 0 Å². The number of amides is 1. The van der Waals surface area contributed by atoms with E-state index >= 15 is 0 Å². The standard InChI is InChI=1S/C23H32N2O4/c1-14-5-8-17(9-6-14)13-24-25-20(26)16(3)19-10-7-15(2)18-11-12-22(4)27-21(25)23(18,19)29-28-22/h5-6,8-9,15-16,18-19,21,24H,7,10-13H2,1-4H3/t15-,16-,18+,19+,21-,22?,23-/m1/s1. The average Bonchev–Trinajstić information content (AvgIpc) is 2.94. The highest BCUT2D eigenvalue weighted by Gasteiger charge is 2.70. The molecule has 1 spiro atoms. The monoisotopic (exact) mass is 400 g/mol. The molecule has 5 aliphatic rings. The lowest BCUT2D eigenvalue weighted by Crippen LogP contribution is -2.76. The largest absolute Gasteiger partial charge is 0.319 e. The Hall–Kier alpha value is -1.47. The summed E-state index contributed by atoms with van der Waals surface area (Å²) in [6, 6.07) is 8.36. The molecule has 6 nitrogen and oxygen atoms in total. The Morgan fingerprint density at radius 1 is 1.10 bits per heavy atom. The number of nitrogens with zero attached hydrogens (tertiary/aromatic N) is 1. The van der Waals surface area contributed by atoms with E-state index in [0.29, 0.717) is 18.4 Å². The molecule has 7 atom stereocenters. The normalized spacial score (nSPS) is 43.8. The first kappa shape index (κ1) is 19.5. The number of piperidine rings is 1. The summed E-state index contributed by atoms with van der Waals surface area (Å²) in [5.41, 5.74) is 5.13. The van der Waals surface area contributed by atoms with Gasteiger partial charge in [0.2, 0.25) is 11.7 Å². The Balaban J connectivity index is 1.51. The molecule has 1 saturated carbocycles. The van der Waals surface area contributed by atoms with E-state index in [0.717, 1.165) is 31.2 Å². The van der Waals surface area contributed by atoms with Gasteiger partial charge in [0, 0.05) is 24.8 Å². The quantitative estimate of drug-likeness (QED) is 0.784. The number of carbonyl (C=O) groups is 1. The summed E-state index contributed by atoms with van der Waals surface area (Å²) in [4.78, 5) is 25.6. The lowest BCUT2D eigenvalue weighted by molar-refractivity contribution is -0.549. The molecule has 1 amide bonds. The second-order valence-corrected chi connectivity index (χ2v) is 9.75. The van der Waals surface area contributed by atoms with Crippen LogP contribution in [-0.2, 0) is 25.9 Å². The SMILES string of the molecule is Cc1ccc(CNN2C(=O)[C@H](C)[C@@H]3CC[C@@H](C)[C@@H]4CCC5(C)OO[C@]43[C@H]2O5)cc1. The van der Waals surface area contributed by atoms with Crippen LogP contribution in [0.15, 0.2) is 24.3 Å². The van der Waals surface area contributed by atoms with Gasteiger partial charge in [-0.3, -0.25) is 4.79 Å². The van der Waals surface area contributed by atoms with Crippen molar-refractivity contribution >= 4 is 5.91 Å². The molecule has 1 aromatic carbocycles. The molecule has 0 aromatic heterocycles. The van der Waals surface area contributed by atoms with E-state index in [9.17, 15) is 4.79 Å². The maximum Gasteiger partial charge on any atom is 0.242 e. The summed E-state index contributed by atoms with van der Waals surface area (Å²) >= 11 is 0. The minimum absolute atomic E-state index is 0.0887.